The lowest BCUT2D eigenvalue weighted by molar-refractivity contribution is 0.0515. The van der Waals surface area contributed by atoms with Crippen LogP contribution in [0.3, 0.4) is 0 Å². The van der Waals surface area contributed by atoms with Crippen LogP contribution in [0.25, 0.3) is 0 Å². The van der Waals surface area contributed by atoms with Gasteiger partial charge in [0.25, 0.3) is 5.91 Å². The molecule has 3 aromatic heterocycles. The summed E-state index contributed by atoms with van der Waals surface area (Å²) < 4.78 is 10.4. The number of hydrogen-bond acceptors (Lipinski definition) is 14. The third-order valence-corrected chi connectivity index (χ3v) is 10.2. The summed E-state index contributed by atoms with van der Waals surface area (Å²) in [6.07, 6.45) is 2.62. The molecule has 0 unspecified atom stereocenters. The van der Waals surface area contributed by atoms with Gasteiger partial charge in [-0.2, -0.15) is 0 Å². The van der Waals surface area contributed by atoms with Crippen LogP contribution in [0.5, 0.6) is 0 Å². The van der Waals surface area contributed by atoms with Crippen LogP contribution in [-0.4, -0.2) is 88.6 Å². The largest absolute Gasteiger partial charge is 0.508 e. The Morgan fingerprint density at radius 2 is 1.85 bits per heavy atom. The van der Waals surface area contributed by atoms with Gasteiger partial charge in [-0.15, -0.1) is 0 Å². The fourth-order valence-corrected chi connectivity index (χ4v) is 7.14. The van der Waals surface area contributed by atoms with Crippen molar-refractivity contribution >= 4 is 79.0 Å². The number of halogens is 1. The van der Waals surface area contributed by atoms with Crippen molar-refractivity contribution in [2.24, 2.45) is 0 Å². The summed E-state index contributed by atoms with van der Waals surface area (Å²) in [6.45, 7) is 7.99. The Labute approximate surface area is 284 Å². The molecule has 0 saturated carbocycles. The van der Waals surface area contributed by atoms with Gasteiger partial charge in [0.05, 0.1) is 16.9 Å². The van der Waals surface area contributed by atoms with Crippen molar-refractivity contribution in [2.75, 3.05) is 67.2 Å². The minimum Gasteiger partial charge on any atom is -0.433 e. The molecule has 0 spiro atoms. The molecule has 0 aliphatic carbocycles. The summed E-state index contributed by atoms with van der Waals surface area (Å²) in [5.41, 5.74) is 1.46. The number of amides is 1. The average molecular weight is 701 g/mol. The maximum absolute atomic E-state index is 12.8. The molecule has 242 valence electrons. The second-order valence-electron chi connectivity index (χ2n) is 10.0. The van der Waals surface area contributed by atoms with E-state index in [1.807, 2.05) is 50.2 Å². The number of thiazole rings is 1. The molecule has 12 nitrogen and oxygen atoms in total. The molecule has 1 aliphatic heterocycles. The van der Waals surface area contributed by atoms with E-state index < -0.39 is 6.16 Å². The SMILES string of the molecule is Cc1nc(Nc2ncc(C(=O)Nc3c(C)cccc3Cl)s2)cc(N2CCN(CCOC(=O)OCCSSc3ccccn3)CC2)n1. The van der Waals surface area contributed by atoms with E-state index in [0.29, 0.717) is 44.7 Å². The molecule has 46 heavy (non-hydrogen) atoms. The predicted molar refractivity (Wildman–Crippen MR) is 185 cm³/mol. The lowest BCUT2D eigenvalue weighted by Gasteiger charge is -2.35. The highest BCUT2D eigenvalue weighted by atomic mass is 35.5. The quantitative estimate of drug-likeness (QED) is 0.0917. The molecule has 1 amide bonds. The van der Waals surface area contributed by atoms with E-state index in [-0.39, 0.29) is 19.1 Å². The number of aromatic nitrogens is 4. The van der Waals surface area contributed by atoms with Crippen molar-refractivity contribution < 1.29 is 19.1 Å². The molecule has 0 bridgehead atoms. The van der Waals surface area contributed by atoms with E-state index in [0.717, 1.165) is 42.6 Å². The fraction of sp³-hybridized carbons (Fsp3) is 0.333. The number of ether oxygens (including phenoxy) is 2. The van der Waals surface area contributed by atoms with Crippen LogP contribution in [0.15, 0.2) is 59.9 Å². The molecular weight excluding hydrogens is 668 g/mol. The minimum atomic E-state index is -0.651. The first kappa shape index (κ1) is 33.7. The van der Waals surface area contributed by atoms with Crippen molar-refractivity contribution in [1.29, 1.82) is 0 Å². The molecule has 4 aromatic rings. The monoisotopic (exact) mass is 700 g/mol. The first-order valence-electron chi connectivity index (χ1n) is 14.5. The number of pyridine rings is 1. The Hall–Kier alpha value is -3.63. The highest BCUT2D eigenvalue weighted by Gasteiger charge is 2.20. The lowest BCUT2D eigenvalue weighted by atomic mass is 10.2. The molecule has 0 radical (unpaired) electrons. The van der Waals surface area contributed by atoms with Crippen molar-refractivity contribution in [3.8, 4) is 0 Å². The van der Waals surface area contributed by atoms with Crippen molar-refractivity contribution in [2.45, 2.75) is 18.9 Å². The van der Waals surface area contributed by atoms with Gasteiger partial charge >= 0.3 is 6.16 Å². The molecule has 1 fully saturated rings. The number of rotatable bonds is 13. The zero-order valence-corrected chi connectivity index (χ0v) is 28.5. The number of para-hydroxylation sites is 1. The lowest BCUT2D eigenvalue weighted by Crippen LogP contribution is -2.47. The topological polar surface area (TPSA) is 135 Å². The molecule has 4 heterocycles. The van der Waals surface area contributed by atoms with Gasteiger partial charge in [-0.3, -0.25) is 9.69 Å². The third kappa shape index (κ3) is 9.93. The van der Waals surface area contributed by atoms with Gasteiger partial charge in [-0.1, -0.05) is 51.9 Å². The van der Waals surface area contributed by atoms with Gasteiger partial charge in [0.2, 0.25) is 0 Å². The summed E-state index contributed by atoms with van der Waals surface area (Å²) >= 11 is 7.48. The summed E-state index contributed by atoms with van der Waals surface area (Å²) in [5, 5.41) is 8.02. The summed E-state index contributed by atoms with van der Waals surface area (Å²) in [7, 11) is 3.12. The van der Waals surface area contributed by atoms with E-state index in [1.54, 1.807) is 33.9 Å². The van der Waals surface area contributed by atoms with E-state index in [9.17, 15) is 9.59 Å². The third-order valence-electron chi connectivity index (χ3n) is 6.74. The maximum atomic E-state index is 12.8. The van der Waals surface area contributed by atoms with Crippen LogP contribution in [-0.2, 0) is 9.47 Å². The molecule has 2 N–H and O–H groups in total. The number of hydrogen-bond donors (Lipinski definition) is 2. The Morgan fingerprint density at radius 1 is 1.02 bits per heavy atom. The number of aryl methyl sites for hydroxylation is 2. The normalized spacial score (nSPS) is 13.3. The molecule has 5 rings (SSSR count). The van der Waals surface area contributed by atoms with Gasteiger partial charge in [-0.25, -0.2) is 24.7 Å². The maximum Gasteiger partial charge on any atom is 0.508 e. The second kappa shape index (κ2) is 16.8. The average Bonchev–Trinajstić information content (AvgIpc) is 3.52. The number of anilines is 4. The van der Waals surface area contributed by atoms with Crippen LogP contribution in [0.2, 0.25) is 5.02 Å². The van der Waals surface area contributed by atoms with Gasteiger partial charge in [-0.05, 0) is 48.4 Å². The zero-order valence-electron chi connectivity index (χ0n) is 25.3. The van der Waals surface area contributed by atoms with Crippen LogP contribution in [0.1, 0.15) is 21.1 Å². The molecule has 0 atom stereocenters. The van der Waals surface area contributed by atoms with Crippen LogP contribution < -0.4 is 15.5 Å². The number of carbonyl (C=O) groups is 2. The van der Waals surface area contributed by atoms with Crippen molar-refractivity contribution in [3.05, 3.63) is 76.1 Å². The Balaban J connectivity index is 1.03. The highest BCUT2D eigenvalue weighted by molar-refractivity contribution is 8.76. The van der Waals surface area contributed by atoms with E-state index in [1.165, 1.54) is 17.5 Å². The fourth-order valence-electron chi connectivity index (χ4n) is 4.45. The number of nitrogens with zero attached hydrogens (tertiary/aromatic N) is 6. The minimum absolute atomic E-state index is 0.265. The van der Waals surface area contributed by atoms with Crippen molar-refractivity contribution in [1.82, 2.24) is 24.8 Å². The van der Waals surface area contributed by atoms with Crippen LogP contribution >= 0.6 is 44.5 Å². The van der Waals surface area contributed by atoms with Gasteiger partial charge < -0.3 is 25.0 Å². The van der Waals surface area contributed by atoms with Crippen molar-refractivity contribution in [3.63, 3.8) is 0 Å². The molecule has 1 aliphatic rings. The van der Waals surface area contributed by atoms with Gasteiger partial charge in [0, 0.05) is 50.7 Å². The van der Waals surface area contributed by atoms with E-state index in [2.05, 4.69) is 40.4 Å². The van der Waals surface area contributed by atoms with Gasteiger partial charge in [0.15, 0.2) is 5.13 Å². The first-order valence-corrected chi connectivity index (χ1v) is 18.0. The Bertz CT molecular complexity index is 1600. The molecule has 1 saturated heterocycles. The van der Waals surface area contributed by atoms with E-state index >= 15 is 0 Å². The zero-order chi connectivity index (χ0) is 32.3. The summed E-state index contributed by atoms with van der Waals surface area (Å²) in [6, 6.07) is 13.1. The van der Waals surface area contributed by atoms with Crippen LogP contribution in [0, 0.1) is 13.8 Å². The Kier molecular flexibility index (Phi) is 12.3. The highest BCUT2D eigenvalue weighted by Crippen LogP contribution is 2.29. The van der Waals surface area contributed by atoms with E-state index in [4.69, 9.17) is 21.1 Å². The number of carbonyl (C=O) groups excluding carboxylic acids is 2. The first-order chi connectivity index (χ1) is 22.3. The van der Waals surface area contributed by atoms with Crippen LogP contribution in [0.4, 0.5) is 27.2 Å². The second-order valence-corrected chi connectivity index (χ2v) is 13.9. The number of piperazine rings is 1. The summed E-state index contributed by atoms with van der Waals surface area (Å²) in [4.78, 5) is 47.4. The standard InChI is InChI=1S/C30H33ClN8O4S3/c1-20-6-5-7-22(31)27(20)37-28(40)23-19-33-29(45-23)36-24-18-25(35-21(2)34-24)39-12-10-38(11-13-39)14-15-42-30(41)43-16-17-44-46-26-8-3-4-9-32-26/h3-9,18-19H,10-17H2,1-2H3,(H,37,40)(H,33,34,35,36). The number of benzene rings is 1. The van der Waals surface area contributed by atoms with Gasteiger partial charge in [0.1, 0.15) is 40.6 Å². The number of nitrogens with one attached hydrogen (secondary N) is 2. The predicted octanol–water partition coefficient (Wildman–Crippen LogP) is 6.31. The summed E-state index contributed by atoms with van der Waals surface area (Å²) in [5.74, 6) is 2.37. The Morgan fingerprint density at radius 3 is 2.63 bits per heavy atom. The molecule has 16 heteroatoms. The molecular formula is C30H33ClN8O4S3. The molecule has 1 aromatic carbocycles. The smallest absolute Gasteiger partial charge is 0.433 e.